The summed E-state index contributed by atoms with van der Waals surface area (Å²) in [5.74, 6) is 0.304. The van der Waals surface area contributed by atoms with Crippen molar-refractivity contribution in [3.63, 3.8) is 0 Å². The van der Waals surface area contributed by atoms with Gasteiger partial charge in [0.15, 0.2) is 0 Å². The van der Waals surface area contributed by atoms with Gasteiger partial charge in [-0.2, -0.15) is 9.40 Å². The first-order valence-electron chi connectivity index (χ1n) is 9.21. The Balaban J connectivity index is 1.46. The summed E-state index contributed by atoms with van der Waals surface area (Å²) < 4.78 is 27.1. The van der Waals surface area contributed by atoms with Crippen molar-refractivity contribution in [2.24, 2.45) is 0 Å². The van der Waals surface area contributed by atoms with Gasteiger partial charge in [0, 0.05) is 30.3 Å². The summed E-state index contributed by atoms with van der Waals surface area (Å²) in [5.41, 5.74) is 4.33. The Hall–Kier alpha value is -2.44. The highest BCUT2D eigenvalue weighted by Crippen LogP contribution is 2.31. The molecule has 3 aromatic rings. The Labute approximate surface area is 160 Å². The number of aromatic nitrogens is 2. The highest BCUT2D eigenvalue weighted by Gasteiger charge is 2.30. The lowest BCUT2D eigenvalue weighted by Crippen LogP contribution is -2.37. The maximum atomic E-state index is 12.8. The van der Waals surface area contributed by atoms with Gasteiger partial charge in [-0.05, 0) is 44.0 Å². The minimum absolute atomic E-state index is 0.304. The van der Waals surface area contributed by atoms with Gasteiger partial charge in [-0.25, -0.2) is 8.42 Å². The Kier molecular flexibility index (Phi) is 4.85. The monoisotopic (exact) mass is 381 g/mol. The number of H-pyrrole nitrogens is 1. The highest BCUT2D eigenvalue weighted by atomic mass is 32.2. The average molecular weight is 382 g/mol. The molecule has 5 nitrogen and oxygen atoms in total. The van der Waals surface area contributed by atoms with Crippen molar-refractivity contribution in [2.75, 3.05) is 13.1 Å². The first-order chi connectivity index (χ1) is 13.0. The number of hydrogen-bond donors (Lipinski definition) is 1. The molecule has 0 radical (unpaired) electrons. The van der Waals surface area contributed by atoms with E-state index in [9.17, 15) is 8.42 Å². The van der Waals surface area contributed by atoms with Crippen LogP contribution in [0.15, 0.2) is 65.6 Å². The molecule has 140 valence electrons. The van der Waals surface area contributed by atoms with Gasteiger partial charge in [-0.1, -0.05) is 42.0 Å². The Morgan fingerprint density at radius 3 is 2.44 bits per heavy atom. The van der Waals surface area contributed by atoms with E-state index < -0.39 is 10.0 Å². The van der Waals surface area contributed by atoms with Crippen LogP contribution in [0.2, 0.25) is 0 Å². The zero-order chi connectivity index (χ0) is 18.9. The van der Waals surface area contributed by atoms with Gasteiger partial charge in [0.2, 0.25) is 10.0 Å². The van der Waals surface area contributed by atoms with E-state index in [2.05, 4.69) is 41.4 Å². The van der Waals surface area contributed by atoms with Crippen LogP contribution < -0.4 is 0 Å². The van der Waals surface area contributed by atoms with Crippen LogP contribution >= 0.6 is 0 Å². The molecule has 0 unspecified atom stereocenters. The minimum atomic E-state index is -3.40. The maximum Gasteiger partial charge on any atom is 0.243 e. The molecule has 27 heavy (non-hydrogen) atoms. The first kappa shape index (κ1) is 17.9. The fraction of sp³-hybridized carbons (Fsp3) is 0.286. The van der Waals surface area contributed by atoms with E-state index in [0.29, 0.717) is 23.9 Å². The minimum Gasteiger partial charge on any atom is -0.282 e. The van der Waals surface area contributed by atoms with Crippen molar-refractivity contribution < 1.29 is 8.42 Å². The molecule has 6 heteroatoms. The third-order valence-electron chi connectivity index (χ3n) is 5.19. The van der Waals surface area contributed by atoms with E-state index in [0.717, 1.165) is 29.8 Å². The second kappa shape index (κ2) is 7.29. The largest absolute Gasteiger partial charge is 0.282 e. The molecule has 1 aromatic heterocycles. The summed E-state index contributed by atoms with van der Waals surface area (Å²) in [6, 6.07) is 19.0. The van der Waals surface area contributed by atoms with Crippen LogP contribution in [0.25, 0.3) is 11.3 Å². The molecule has 1 N–H and O–H groups in total. The van der Waals surface area contributed by atoms with Crippen LogP contribution in [0, 0.1) is 6.92 Å². The molecular formula is C21H23N3O2S. The van der Waals surface area contributed by atoms with Crippen molar-refractivity contribution in [3.8, 4) is 11.3 Å². The number of rotatable bonds is 4. The van der Waals surface area contributed by atoms with Crippen LogP contribution in [-0.4, -0.2) is 36.0 Å². The number of hydrogen-bond acceptors (Lipinski definition) is 3. The Bertz CT molecular complexity index is 1020. The lowest BCUT2D eigenvalue weighted by molar-refractivity contribution is 0.316. The second-order valence-electron chi connectivity index (χ2n) is 7.07. The predicted octanol–water partition coefficient (Wildman–Crippen LogP) is 3.95. The average Bonchev–Trinajstić information content (AvgIpc) is 3.19. The number of nitrogens with zero attached hydrogens (tertiary/aromatic N) is 2. The molecule has 0 bridgehead atoms. The zero-order valence-electron chi connectivity index (χ0n) is 15.3. The lowest BCUT2D eigenvalue weighted by atomic mass is 9.94. The van der Waals surface area contributed by atoms with Crippen molar-refractivity contribution >= 4 is 10.0 Å². The number of nitrogens with one attached hydrogen (secondary N) is 1. The smallest absolute Gasteiger partial charge is 0.243 e. The molecule has 1 fully saturated rings. The lowest BCUT2D eigenvalue weighted by Gasteiger charge is -2.30. The molecule has 4 rings (SSSR count). The van der Waals surface area contributed by atoms with E-state index in [1.54, 1.807) is 28.6 Å². The van der Waals surface area contributed by atoms with Crippen molar-refractivity contribution in [2.45, 2.75) is 30.6 Å². The van der Waals surface area contributed by atoms with Gasteiger partial charge < -0.3 is 0 Å². The van der Waals surface area contributed by atoms with Crippen LogP contribution in [-0.2, 0) is 10.0 Å². The number of benzene rings is 2. The van der Waals surface area contributed by atoms with E-state index in [4.69, 9.17) is 0 Å². The molecule has 0 atom stereocenters. The first-order valence-corrected chi connectivity index (χ1v) is 10.7. The highest BCUT2D eigenvalue weighted by molar-refractivity contribution is 7.89. The van der Waals surface area contributed by atoms with Crippen molar-refractivity contribution in [1.82, 2.24) is 14.5 Å². The fourth-order valence-corrected chi connectivity index (χ4v) is 5.14. The fourth-order valence-electron chi connectivity index (χ4n) is 3.65. The molecule has 0 saturated carbocycles. The zero-order valence-corrected chi connectivity index (χ0v) is 16.1. The third kappa shape index (κ3) is 3.68. The summed E-state index contributed by atoms with van der Waals surface area (Å²) in [6.45, 7) is 3.13. The van der Waals surface area contributed by atoms with Gasteiger partial charge >= 0.3 is 0 Å². The van der Waals surface area contributed by atoms with E-state index in [1.807, 2.05) is 12.1 Å². The van der Waals surface area contributed by atoms with E-state index in [-0.39, 0.29) is 0 Å². The molecule has 1 saturated heterocycles. The maximum absolute atomic E-state index is 12.8. The van der Waals surface area contributed by atoms with Gasteiger partial charge in [0.05, 0.1) is 10.6 Å². The molecule has 1 aliphatic heterocycles. The van der Waals surface area contributed by atoms with E-state index >= 15 is 0 Å². The van der Waals surface area contributed by atoms with Gasteiger partial charge in [-0.15, -0.1) is 0 Å². The van der Waals surface area contributed by atoms with Crippen LogP contribution in [0.4, 0.5) is 0 Å². The predicted molar refractivity (Wildman–Crippen MR) is 106 cm³/mol. The third-order valence-corrected chi connectivity index (χ3v) is 7.10. The summed E-state index contributed by atoms with van der Waals surface area (Å²) in [5, 5.41) is 7.62. The molecular weight excluding hydrogens is 358 g/mol. The second-order valence-corrected chi connectivity index (χ2v) is 9.01. The van der Waals surface area contributed by atoms with Crippen LogP contribution in [0.5, 0.6) is 0 Å². The summed E-state index contributed by atoms with van der Waals surface area (Å²) in [6.07, 6.45) is 1.59. The molecule has 0 aliphatic carbocycles. The van der Waals surface area contributed by atoms with Gasteiger partial charge in [0.25, 0.3) is 0 Å². The normalized spacial score (nSPS) is 16.5. The Morgan fingerprint density at radius 1 is 1.00 bits per heavy atom. The molecule has 0 amide bonds. The number of aryl methyl sites for hydroxylation is 1. The SMILES string of the molecule is Cc1cccc(-c2cc(C3CCN(S(=O)(=O)c4ccccc4)CC3)[nH]n2)c1. The summed E-state index contributed by atoms with van der Waals surface area (Å²) in [4.78, 5) is 0.367. The van der Waals surface area contributed by atoms with Gasteiger partial charge in [-0.3, -0.25) is 5.10 Å². The van der Waals surface area contributed by atoms with Crippen molar-refractivity contribution in [1.29, 1.82) is 0 Å². The molecule has 1 aliphatic rings. The van der Waals surface area contributed by atoms with Crippen LogP contribution in [0.3, 0.4) is 0 Å². The molecule has 0 spiro atoms. The number of piperidine rings is 1. The quantitative estimate of drug-likeness (QED) is 0.744. The molecule has 2 aromatic carbocycles. The Morgan fingerprint density at radius 2 is 1.74 bits per heavy atom. The van der Waals surface area contributed by atoms with E-state index in [1.165, 1.54) is 5.56 Å². The van der Waals surface area contributed by atoms with Gasteiger partial charge in [0.1, 0.15) is 0 Å². The molecule has 2 heterocycles. The van der Waals surface area contributed by atoms with Crippen LogP contribution in [0.1, 0.15) is 30.0 Å². The standard InChI is InChI=1S/C21H23N3O2S/c1-16-6-5-7-18(14-16)21-15-20(22-23-21)17-10-12-24(13-11-17)27(25,26)19-8-3-2-4-9-19/h2-9,14-15,17H,10-13H2,1H3,(H,22,23). The summed E-state index contributed by atoms with van der Waals surface area (Å²) >= 11 is 0. The summed E-state index contributed by atoms with van der Waals surface area (Å²) in [7, 11) is -3.40. The topological polar surface area (TPSA) is 66.1 Å². The number of sulfonamides is 1. The number of aromatic amines is 1. The van der Waals surface area contributed by atoms with Crippen molar-refractivity contribution in [3.05, 3.63) is 71.9 Å².